The highest BCUT2D eigenvalue weighted by Gasteiger charge is 2.20. The first-order chi connectivity index (χ1) is 4.33. The van der Waals surface area contributed by atoms with E-state index in [9.17, 15) is 0 Å². The van der Waals surface area contributed by atoms with Gasteiger partial charge < -0.3 is 5.11 Å². The molecule has 0 spiro atoms. The van der Waals surface area contributed by atoms with Crippen LogP contribution in [0.5, 0.6) is 0 Å². The van der Waals surface area contributed by atoms with Crippen LogP contribution in [0, 0.1) is 0 Å². The maximum Gasteiger partial charge on any atom is 0.0952 e. The molecule has 1 aliphatic rings. The Morgan fingerprint density at radius 1 is 1.33 bits per heavy atom. The van der Waals surface area contributed by atoms with Crippen molar-refractivity contribution in [1.82, 2.24) is 0 Å². The van der Waals surface area contributed by atoms with Gasteiger partial charge >= 0.3 is 0 Å². The lowest BCUT2D eigenvalue weighted by molar-refractivity contribution is -0.288. The third kappa shape index (κ3) is 1.93. The maximum atomic E-state index is 9.02. The molecule has 0 unspecified atom stereocenters. The Bertz CT molecular complexity index is 84.4. The molecule has 0 aliphatic heterocycles. The van der Waals surface area contributed by atoms with E-state index >= 15 is 0 Å². The van der Waals surface area contributed by atoms with Gasteiger partial charge in [0.1, 0.15) is 0 Å². The Balaban J connectivity index is 2.23. The summed E-state index contributed by atoms with van der Waals surface area (Å²) < 4.78 is 0. The number of hydrogen-bond donors (Lipinski definition) is 2. The molecule has 54 valence electrons. The third-order valence-electron chi connectivity index (χ3n) is 1.75. The van der Waals surface area contributed by atoms with Crippen LogP contribution in [0.15, 0.2) is 0 Å². The Labute approximate surface area is 54.2 Å². The van der Waals surface area contributed by atoms with Gasteiger partial charge in [0.25, 0.3) is 0 Å². The van der Waals surface area contributed by atoms with Gasteiger partial charge in [0.2, 0.25) is 0 Å². The van der Waals surface area contributed by atoms with E-state index in [0.717, 1.165) is 19.3 Å². The predicted octanol–water partition coefficient (Wildman–Crippen LogP) is 0.779. The van der Waals surface area contributed by atoms with Crippen molar-refractivity contribution in [2.24, 2.45) is 0 Å². The molecule has 2 atom stereocenters. The van der Waals surface area contributed by atoms with E-state index < -0.39 is 0 Å². The minimum Gasteiger partial charge on any atom is -0.393 e. The quantitative estimate of drug-likeness (QED) is 0.409. The second kappa shape index (κ2) is 3.15. The normalized spacial score (nSPS) is 36.7. The zero-order valence-corrected chi connectivity index (χ0v) is 5.29. The van der Waals surface area contributed by atoms with Crippen LogP contribution in [0.25, 0.3) is 0 Å². The standard InChI is InChI=1S/C6H12O3/c7-5-2-1-3-6(4-5)9-8/h5-8H,1-4H2/t5-,6+/m1/s1. The molecule has 0 heterocycles. The monoisotopic (exact) mass is 132 g/mol. The van der Waals surface area contributed by atoms with Crippen molar-refractivity contribution in [3.8, 4) is 0 Å². The summed E-state index contributed by atoms with van der Waals surface area (Å²) in [7, 11) is 0. The van der Waals surface area contributed by atoms with E-state index in [0.29, 0.717) is 6.42 Å². The zero-order chi connectivity index (χ0) is 6.69. The van der Waals surface area contributed by atoms with Crippen LogP contribution < -0.4 is 0 Å². The summed E-state index contributed by atoms with van der Waals surface area (Å²) in [6.07, 6.45) is 2.85. The molecule has 0 aromatic rings. The van der Waals surface area contributed by atoms with Crippen LogP contribution in [0.1, 0.15) is 25.7 Å². The van der Waals surface area contributed by atoms with Gasteiger partial charge in [0, 0.05) is 6.42 Å². The highest BCUT2D eigenvalue weighted by Crippen LogP contribution is 2.19. The summed E-state index contributed by atoms with van der Waals surface area (Å²) in [5.41, 5.74) is 0. The SMILES string of the molecule is OO[C@H]1CCC[C@@H](O)C1. The van der Waals surface area contributed by atoms with Gasteiger partial charge in [-0.15, -0.1) is 0 Å². The lowest BCUT2D eigenvalue weighted by Gasteiger charge is -2.22. The average Bonchev–Trinajstić information content (AvgIpc) is 1.88. The van der Waals surface area contributed by atoms with Crippen LogP contribution in [0.2, 0.25) is 0 Å². The Morgan fingerprint density at radius 2 is 2.11 bits per heavy atom. The first-order valence-corrected chi connectivity index (χ1v) is 3.31. The maximum absolute atomic E-state index is 9.02. The minimum atomic E-state index is -0.268. The fourth-order valence-electron chi connectivity index (χ4n) is 1.22. The Morgan fingerprint density at radius 3 is 2.56 bits per heavy atom. The molecular weight excluding hydrogens is 120 g/mol. The summed E-state index contributed by atoms with van der Waals surface area (Å²) in [5, 5.41) is 17.2. The van der Waals surface area contributed by atoms with Gasteiger partial charge in [0.05, 0.1) is 12.2 Å². The molecule has 0 radical (unpaired) electrons. The van der Waals surface area contributed by atoms with Crippen molar-refractivity contribution in [2.75, 3.05) is 0 Å². The number of aliphatic hydroxyl groups is 1. The number of rotatable bonds is 1. The third-order valence-corrected chi connectivity index (χ3v) is 1.75. The molecule has 9 heavy (non-hydrogen) atoms. The van der Waals surface area contributed by atoms with Crippen molar-refractivity contribution >= 4 is 0 Å². The van der Waals surface area contributed by atoms with Crippen molar-refractivity contribution in [3.63, 3.8) is 0 Å². The van der Waals surface area contributed by atoms with Gasteiger partial charge in [0.15, 0.2) is 0 Å². The van der Waals surface area contributed by atoms with Crippen LogP contribution in [0.4, 0.5) is 0 Å². The second-order valence-electron chi connectivity index (χ2n) is 2.55. The van der Waals surface area contributed by atoms with Gasteiger partial charge in [-0.25, -0.2) is 4.89 Å². The largest absolute Gasteiger partial charge is 0.393 e. The summed E-state index contributed by atoms with van der Waals surface area (Å²) in [5.74, 6) is 0. The molecule has 0 bridgehead atoms. The summed E-state index contributed by atoms with van der Waals surface area (Å²) in [6, 6.07) is 0. The van der Waals surface area contributed by atoms with E-state index in [-0.39, 0.29) is 12.2 Å². The molecule has 0 aromatic heterocycles. The molecule has 1 aliphatic carbocycles. The Hall–Kier alpha value is -0.120. The molecule has 1 saturated carbocycles. The van der Waals surface area contributed by atoms with Gasteiger partial charge in [-0.05, 0) is 19.3 Å². The fraction of sp³-hybridized carbons (Fsp3) is 1.00. The average molecular weight is 132 g/mol. The van der Waals surface area contributed by atoms with Gasteiger partial charge in [-0.3, -0.25) is 5.26 Å². The van der Waals surface area contributed by atoms with Gasteiger partial charge in [-0.1, -0.05) is 0 Å². The van der Waals surface area contributed by atoms with Crippen molar-refractivity contribution in [2.45, 2.75) is 37.9 Å². The highest BCUT2D eigenvalue weighted by atomic mass is 17.1. The van der Waals surface area contributed by atoms with Crippen molar-refractivity contribution < 1.29 is 15.3 Å². The molecule has 2 N–H and O–H groups in total. The molecule has 0 aromatic carbocycles. The molecule has 3 nitrogen and oxygen atoms in total. The van der Waals surface area contributed by atoms with Crippen LogP contribution in [-0.4, -0.2) is 22.6 Å². The van der Waals surface area contributed by atoms with Crippen molar-refractivity contribution in [3.05, 3.63) is 0 Å². The van der Waals surface area contributed by atoms with Crippen molar-refractivity contribution in [1.29, 1.82) is 0 Å². The zero-order valence-electron chi connectivity index (χ0n) is 5.29. The van der Waals surface area contributed by atoms with E-state index in [1.54, 1.807) is 0 Å². The van der Waals surface area contributed by atoms with E-state index in [1.807, 2.05) is 0 Å². The molecule has 1 rings (SSSR count). The lowest BCUT2D eigenvalue weighted by Crippen LogP contribution is -2.24. The lowest BCUT2D eigenvalue weighted by atomic mass is 9.95. The molecule has 0 saturated heterocycles. The Kier molecular flexibility index (Phi) is 2.45. The van der Waals surface area contributed by atoms with E-state index in [4.69, 9.17) is 10.4 Å². The molecule has 1 fully saturated rings. The first-order valence-electron chi connectivity index (χ1n) is 3.31. The van der Waals surface area contributed by atoms with Crippen LogP contribution in [-0.2, 0) is 4.89 Å². The van der Waals surface area contributed by atoms with E-state index in [1.165, 1.54) is 0 Å². The number of aliphatic hydroxyl groups excluding tert-OH is 1. The number of hydrogen-bond acceptors (Lipinski definition) is 3. The fourth-order valence-corrected chi connectivity index (χ4v) is 1.22. The second-order valence-corrected chi connectivity index (χ2v) is 2.55. The summed E-state index contributed by atoms with van der Waals surface area (Å²) in [4.78, 5) is 4.10. The molecule has 0 amide bonds. The van der Waals surface area contributed by atoms with Crippen LogP contribution >= 0.6 is 0 Å². The molecular formula is C6H12O3. The van der Waals surface area contributed by atoms with E-state index in [2.05, 4.69) is 4.89 Å². The topological polar surface area (TPSA) is 49.7 Å². The summed E-state index contributed by atoms with van der Waals surface area (Å²) in [6.45, 7) is 0. The molecule has 3 heteroatoms. The van der Waals surface area contributed by atoms with Gasteiger partial charge in [-0.2, -0.15) is 0 Å². The smallest absolute Gasteiger partial charge is 0.0952 e. The summed E-state index contributed by atoms with van der Waals surface area (Å²) >= 11 is 0. The highest BCUT2D eigenvalue weighted by molar-refractivity contribution is 4.70. The van der Waals surface area contributed by atoms with Crippen LogP contribution in [0.3, 0.4) is 0 Å². The predicted molar refractivity (Wildman–Crippen MR) is 32.0 cm³/mol. The first kappa shape index (κ1) is 6.99. The minimum absolute atomic E-state index is 0.131.